The largest absolute Gasteiger partial charge is 0.378 e. The first kappa shape index (κ1) is 17.3. The van der Waals surface area contributed by atoms with Crippen LogP contribution in [0.4, 0.5) is 5.69 Å². The van der Waals surface area contributed by atoms with Crippen molar-refractivity contribution < 1.29 is 14.3 Å². The maximum Gasteiger partial charge on any atom is 0.255 e. The minimum Gasteiger partial charge on any atom is -0.378 e. The number of morpholine rings is 1. The van der Waals surface area contributed by atoms with Gasteiger partial charge in [-0.05, 0) is 25.0 Å². The van der Waals surface area contributed by atoms with E-state index in [1.54, 1.807) is 0 Å². The summed E-state index contributed by atoms with van der Waals surface area (Å²) in [5.74, 6) is 0.128. The number of nitrogens with zero attached hydrogens (tertiary/aromatic N) is 2. The van der Waals surface area contributed by atoms with Crippen molar-refractivity contribution in [3.05, 3.63) is 29.8 Å². The fourth-order valence-corrected chi connectivity index (χ4v) is 4.13. The molecule has 7 heteroatoms. The Hall–Kier alpha value is -2.12. The number of para-hydroxylation sites is 1. The molecule has 4 rings (SSSR count). The number of amides is 2. The van der Waals surface area contributed by atoms with Crippen LogP contribution in [0.1, 0.15) is 23.2 Å². The van der Waals surface area contributed by atoms with E-state index in [0.717, 1.165) is 30.9 Å². The summed E-state index contributed by atoms with van der Waals surface area (Å²) in [5, 5.41) is 6.32. The zero-order valence-electron chi connectivity index (χ0n) is 15.0. The maximum absolute atomic E-state index is 13.2. The molecule has 3 heterocycles. The van der Waals surface area contributed by atoms with E-state index in [1.165, 1.54) is 0 Å². The lowest BCUT2D eigenvalue weighted by Crippen LogP contribution is -2.66. The summed E-state index contributed by atoms with van der Waals surface area (Å²) in [6.07, 6.45) is 1.31. The van der Waals surface area contributed by atoms with Crippen LogP contribution in [0.15, 0.2) is 24.3 Å². The van der Waals surface area contributed by atoms with Crippen molar-refractivity contribution in [3.8, 4) is 0 Å². The maximum atomic E-state index is 13.2. The van der Waals surface area contributed by atoms with E-state index in [-0.39, 0.29) is 11.8 Å². The van der Waals surface area contributed by atoms with Gasteiger partial charge in [-0.2, -0.15) is 0 Å². The summed E-state index contributed by atoms with van der Waals surface area (Å²) < 4.78 is 5.43. The molecule has 1 aromatic carbocycles. The molecule has 2 amide bonds. The number of ether oxygens (including phenoxy) is 1. The number of nitrogens with one attached hydrogen (secondary N) is 2. The molecule has 0 unspecified atom stereocenters. The molecule has 3 aliphatic rings. The van der Waals surface area contributed by atoms with E-state index in [0.29, 0.717) is 45.7 Å². The lowest BCUT2D eigenvalue weighted by atomic mass is 9.85. The van der Waals surface area contributed by atoms with Crippen LogP contribution < -0.4 is 15.5 Å². The molecule has 0 aliphatic carbocycles. The Balaban J connectivity index is 1.48. The average Bonchev–Trinajstić information content (AvgIpc) is 2.71. The molecule has 3 aliphatic heterocycles. The highest BCUT2D eigenvalue weighted by atomic mass is 16.5. The molecule has 2 N–H and O–H groups in total. The van der Waals surface area contributed by atoms with Crippen molar-refractivity contribution in [2.45, 2.75) is 18.4 Å². The van der Waals surface area contributed by atoms with Gasteiger partial charge in [0.05, 0.1) is 18.8 Å². The summed E-state index contributed by atoms with van der Waals surface area (Å²) in [7, 11) is 0. The fraction of sp³-hybridized carbons (Fsp3) is 0.579. The SMILES string of the molecule is O=C(c1ccccc1N1CCOCC1)N1CCC2(CC1)NCCNC2=O. The molecule has 0 bridgehead atoms. The predicted molar refractivity (Wildman–Crippen MR) is 98.4 cm³/mol. The molecule has 3 fully saturated rings. The topological polar surface area (TPSA) is 73.9 Å². The third-order valence-corrected chi connectivity index (χ3v) is 5.70. The van der Waals surface area contributed by atoms with E-state index < -0.39 is 5.54 Å². The highest BCUT2D eigenvalue weighted by molar-refractivity contribution is 6.00. The number of anilines is 1. The van der Waals surface area contributed by atoms with Crippen LogP contribution in [0.5, 0.6) is 0 Å². The number of rotatable bonds is 2. The first-order chi connectivity index (χ1) is 12.7. The van der Waals surface area contributed by atoms with Crippen molar-refractivity contribution in [2.75, 3.05) is 57.4 Å². The highest BCUT2D eigenvalue weighted by Crippen LogP contribution is 2.28. The van der Waals surface area contributed by atoms with Gasteiger partial charge < -0.3 is 25.2 Å². The lowest BCUT2D eigenvalue weighted by Gasteiger charge is -2.43. The summed E-state index contributed by atoms with van der Waals surface area (Å²) in [5.41, 5.74) is 1.22. The van der Waals surface area contributed by atoms with Gasteiger partial charge in [-0.15, -0.1) is 0 Å². The Morgan fingerprint density at radius 2 is 1.77 bits per heavy atom. The highest BCUT2D eigenvalue weighted by Gasteiger charge is 2.43. The van der Waals surface area contributed by atoms with Crippen molar-refractivity contribution in [2.24, 2.45) is 0 Å². The average molecular weight is 358 g/mol. The number of piperidine rings is 1. The Kier molecular flexibility index (Phi) is 4.82. The van der Waals surface area contributed by atoms with Crippen LogP contribution in [0.3, 0.4) is 0 Å². The van der Waals surface area contributed by atoms with E-state index in [1.807, 2.05) is 29.2 Å². The number of likely N-dealkylation sites (tertiary alicyclic amines) is 1. The minimum absolute atomic E-state index is 0.0539. The van der Waals surface area contributed by atoms with Gasteiger partial charge in [0.25, 0.3) is 5.91 Å². The van der Waals surface area contributed by atoms with Gasteiger partial charge in [-0.1, -0.05) is 12.1 Å². The van der Waals surface area contributed by atoms with Gasteiger partial charge in [0.15, 0.2) is 0 Å². The van der Waals surface area contributed by atoms with Crippen molar-refractivity contribution >= 4 is 17.5 Å². The van der Waals surface area contributed by atoms with E-state index in [4.69, 9.17) is 4.74 Å². The van der Waals surface area contributed by atoms with E-state index in [2.05, 4.69) is 15.5 Å². The third kappa shape index (κ3) is 3.17. The monoisotopic (exact) mass is 358 g/mol. The van der Waals surface area contributed by atoms with Crippen LogP contribution >= 0.6 is 0 Å². The third-order valence-electron chi connectivity index (χ3n) is 5.70. The molecule has 0 radical (unpaired) electrons. The Bertz CT molecular complexity index is 679. The smallest absolute Gasteiger partial charge is 0.255 e. The summed E-state index contributed by atoms with van der Waals surface area (Å²) in [4.78, 5) is 29.5. The molecule has 140 valence electrons. The number of carbonyl (C=O) groups excluding carboxylic acids is 2. The first-order valence-corrected chi connectivity index (χ1v) is 9.44. The molecular weight excluding hydrogens is 332 g/mol. The van der Waals surface area contributed by atoms with Crippen molar-refractivity contribution in [1.82, 2.24) is 15.5 Å². The summed E-state index contributed by atoms with van der Waals surface area (Å²) in [6.45, 7) is 5.64. The quantitative estimate of drug-likeness (QED) is 0.791. The molecule has 0 aromatic heterocycles. The van der Waals surface area contributed by atoms with Gasteiger partial charge in [-0.3, -0.25) is 9.59 Å². The second-order valence-electron chi connectivity index (χ2n) is 7.17. The zero-order valence-corrected chi connectivity index (χ0v) is 15.0. The van der Waals surface area contributed by atoms with Crippen molar-refractivity contribution in [3.63, 3.8) is 0 Å². The summed E-state index contributed by atoms with van der Waals surface area (Å²) in [6, 6.07) is 7.81. The molecular formula is C19H26N4O3. The standard InChI is InChI=1S/C19H26N4O3/c24-17(15-3-1-2-4-16(15)22-11-13-26-14-12-22)23-9-5-19(6-10-23)18(25)20-7-8-21-19/h1-4,21H,5-14H2,(H,20,25). The summed E-state index contributed by atoms with van der Waals surface area (Å²) >= 11 is 0. The second kappa shape index (κ2) is 7.25. The van der Waals surface area contributed by atoms with Crippen molar-refractivity contribution in [1.29, 1.82) is 0 Å². The van der Waals surface area contributed by atoms with E-state index >= 15 is 0 Å². The van der Waals surface area contributed by atoms with Crippen LogP contribution in [-0.4, -0.2) is 74.7 Å². The lowest BCUT2D eigenvalue weighted by molar-refractivity contribution is -0.131. The van der Waals surface area contributed by atoms with Gasteiger partial charge in [0, 0.05) is 45.0 Å². The number of piperazine rings is 1. The van der Waals surface area contributed by atoms with Crippen LogP contribution in [0, 0.1) is 0 Å². The Morgan fingerprint density at radius 3 is 2.50 bits per heavy atom. The van der Waals surface area contributed by atoms with Crippen LogP contribution in [0.2, 0.25) is 0 Å². The number of carbonyl (C=O) groups is 2. The number of benzene rings is 1. The second-order valence-corrected chi connectivity index (χ2v) is 7.17. The van der Waals surface area contributed by atoms with Gasteiger partial charge >= 0.3 is 0 Å². The van der Waals surface area contributed by atoms with Gasteiger partial charge in [0.2, 0.25) is 5.91 Å². The molecule has 7 nitrogen and oxygen atoms in total. The minimum atomic E-state index is -0.501. The van der Waals surface area contributed by atoms with Crippen LogP contribution in [-0.2, 0) is 9.53 Å². The fourth-order valence-electron chi connectivity index (χ4n) is 4.13. The van der Waals surface area contributed by atoms with Gasteiger partial charge in [0.1, 0.15) is 5.54 Å². The molecule has 1 aromatic rings. The molecule has 0 atom stereocenters. The van der Waals surface area contributed by atoms with E-state index in [9.17, 15) is 9.59 Å². The number of hydrogen-bond acceptors (Lipinski definition) is 5. The molecule has 3 saturated heterocycles. The first-order valence-electron chi connectivity index (χ1n) is 9.44. The predicted octanol–water partition coefficient (Wildman–Crippen LogP) is 0.217. The Labute approximate surface area is 153 Å². The molecule has 0 saturated carbocycles. The normalized spacial score (nSPS) is 23.0. The van der Waals surface area contributed by atoms with Gasteiger partial charge in [-0.25, -0.2) is 0 Å². The molecule has 26 heavy (non-hydrogen) atoms. The zero-order chi connectivity index (χ0) is 18.0. The molecule has 1 spiro atoms. The van der Waals surface area contributed by atoms with Crippen LogP contribution in [0.25, 0.3) is 0 Å². The number of hydrogen-bond donors (Lipinski definition) is 2. The Morgan fingerprint density at radius 1 is 1.04 bits per heavy atom.